The number of nitro groups is 1. The van der Waals surface area contributed by atoms with E-state index in [-0.39, 0.29) is 34.3 Å². The minimum absolute atomic E-state index is 0.0241. The Morgan fingerprint density at radius 2 is 1.49 bits per heavy atom. The second-order valence-electron chi connectivity index (χ2n) is 11.8. The predicted molar refractivity (Wildman–Crippen MR) is 183 cm³/mol. The highest BCUT2D eigenvalue weighted by Crippen LogP contribution is 2.28. The molecule has 0 aliphatic rings. The van der Waals surface area contributed by atoms with Crippen LogP contribution in [0, 0.1) is 10.1 Å². The van der Waals surface area contributed by atoms with Crippen molar-refractivity contribution in [2.75, 3.05) is 10.8 Å². The Morgan fingerprint density at radius 1 is 0.894 bits per heavy atom. The molecule has 4 aromatic carbocycles. The number of anilines is 1. The summed E-state index contributed by atoms with van der Waals surface area (Å²) < 4.78 is 29.0. The van der Waals surface area contributed by atoms with Crippen LogP contribution in [0.4, 0.5) is 11.4 Å². The van der Waals surface area contributed by atoms with E-state index in [1.54, 1.807) is 30.3 Å². The summed E-state index contributed by atoms with van der Waals surface area (Å²) in [5, 5.41) is 14.9. The average Bonchev–Trinajstić information content (AvgIpc) is 3.02. The maximum absolute atomic E-state index is 14.5. The summed E-state index contributed by atoms with van der Waals surface area (Å²) in [5.41, 5.74) is 0.374. The quantitative estimate of drug-likeness (QED) is 0.130. The van der Waals surface area contributed by atoms with Gasteiger partial charge in [-0.25, -0.2) is 8.42 Å². The molecule has 0 bridgehead atoms. The number of non-ortho nitro benzene ring substituents is 1. The molecule has 0 saturated heterocycles. The second kappa shape index (κ2) is 15.0. The van der Waals surface area contributed by atoms with Gasteiger partial charge in [-0.2, -0.15) is 0 Å². The molecule has 1 atom stereocenters. The van der Waals surface area contributed by atoms with Gasteiger partial charge in [-0.1, -0.05) is 77.8 Å². The van der Waals surface area contributed by atoms with Crippen LogP contribution in [-0.4, -0.2) is 48.2 Å². The first-order valence-corrected chi connectivity index (χ1v) is 16.8. The zero-order valence-electron chi connectivity index (χ0n) is 26.0. The van der Waals surface area contributed by atoms with Gasteiger partial charge in [0.05, 0.1) is 15.5 Å². The van der Waals surface area contributed by atoms with Gasteiger partial charge in [-0.05, 0) is 68.3 Å². The standard InChI is InChI=1S/C34H34Cl2N4O6S/c1-34(2,3)37-33(42)31(20-24-10-6-4-7-11-24)38(22-25-14-15-26(35)21-30(25)36)32(41)23-39(27-16-18-28(19-17-27)40(43)44)47(45,46)29-12-8-5-9-13-29/h4-19,21,31H,20,22-23H2,1-3H3,(H,37,42). The van der Waals surface area contributed by atoms with Crippen molar-refractivity contribution in [1.29, 1.82) is 0 Å². The van der Waals surface area contributed by atoms with Gasteiger partial charge < -0.3 is 10.2 Å². The number of nitrogens with zero attached hydrogens (tertiary/aromatic N) is 3. The molecule has 0 radical (unpaired) electrons. The number of nitrogens with one attached hydrogen (secondary N) is 1. The lowest BCUT2D eigenvalue weighted by atomic mass is 10.0. The SMILES string of the molecule is CC(C)(C)NC(=O)C(Cc1ccccc1)N(Cc1ccc(Cl)cc1Cl)C(=O)CN(c1ccc([N+](=O)[O-])cc1)S(=O)(=O)c1ccccc1. The van der Waals surface area contributed by atoms with Crippen LogP contribution in [0.2, 0.25) is 10.0 Å². The first-order valence-electron chi connectivity index (χ1n) is 14.6. The van der Waals surface area contributed by atoms with Gasteiger partial charge in [0.25, 0.3) is 15.7 Å². The molecule has 0 aliphatic carbocycles. The topological polar surface area (TPSA) is 130 Å². The van der Waals surface area contributed by atoms with Gasteiger partial charge in [0.2, 0.25) is 11.8 Å². The van der Waals surface area contributed by atoms with Crippen molar-refractivity contribution < 1.29 is 22.9 Å². The van der Waals surface area contributed by atoms with Crippen LogP contribution < -0.4 is 9.62 Å². The molecule has 2 amide bonds. The monoisotopic (exact) mass is 696 g/mol. The second-order valence-corrected chi connectivity index (χ2v) is 14.5. The molecule has 0 aliphatic heterocycles. The highest BCUT2D eigenvalue weighted by atomic mass is 35.5. The summed E-state index contributed by atoms with van der Waals surface area (Å²) in [6.45, 7) is 4.57. The molecular formula is C34H34Cl2N4O6S. The van der Waals surface area contributed by atoms with E-state index < -0.39 is 44.9 Å². The number of hydrogen-bond acceptors (Lipinski definition) is 6. The summed E-state index contributed by atoms with van der Waals surface area (Å²) in [4.78, 5) is 40.4. The molecule has 0 spiro atoms. The molecule has 47 heavy (non-hydrogen) atoms. The lowest BCUT2D eigenvalue weighted by Crippen LogP contribution is -2.56. The van der Waals surface area contributed by atoms with E-state index in [4.69, 9.17) is 23.2 Å². The van der Waals surface area contributed by atoms with Crippen LogP contribution in [0.15, 0.2) is 108 Å². The van der Waals surface area contributed by atoms with Crippen LogP contribution in [0.5, 0.6) is 0 Å². The molecular weight excluding hydrogens is 663 g/mol. The van der Waals surface area contributed by atoms with Gasteiger partial charge in [0, 0.05) is 40.7 Å². The molecule has 0 heterocycles. The van der Waals surface area contributed by atoms with Crippen molar-refractivity contribution >= 4 is 56.4 Å². The third-order valence-corrected chi connectivity index (χ3v) is 9.46. The van der Waals surface area contributed by atoms with Gasteiger partial charge in [-0.15, -0.1) is 0 Å². The van der Waals surface area contributed by atoms with E-state index in [9.17, 15) is 28.1 Å². The van der Waals surface area contributed by atoms with Gasteiger partial charge in [0.1, 0.15) is 12.6 Å². The van der Waals surface area contributed by atoms with Crippen molar-refractivity contribution in [2.45, 2.75) is 50.2 Å². The van der Waals surface area contributed by atoms with Gasteiger partial charge in [-0.3, -0.25) is 24.0 Å². The Balaban J connectivity index is 1.84. The zero-order chi connectivity index (χ0) is 34.4. The largest absolute Gasteiger partial charge is 0.350 e. The number of sulfonamides is 1. The molecule has 10 nitrogen and oxygen atoms in total. The van der Waals surface area contributed by atoms with Crippen molar-refractivity contribution in [3.8, 4) is 0 Å². The van der Waals surface area contributed by atoms with E-state index >= 15 is 0 Å². The predicted octanol–water partition coefficient (Wildman–Crippen LogP) is 6.65. The Kier molecular flexibility index (Phi) is 11.3. The normalized spacial score (nSPS) is 12.2. The molecule has 4 aromatic rings. The maximum Gasteiger partial charge on any atom is 0.269 e. The van der Waals surface area contributed by atoms with E-state index in [0.29, 0.717) is 10.6 Å². The number of amides is 2. The lowest BCUT2D eigenvalue weighted by Gasteiger charge is -2.35. The minimum atomic E-state index is -4.36. The molecule has 0 aromatic heterocycles. The molecule has 0 saturated carbocycles. The lowest BCUT2D eigenvalue weighted by molar-refractivity contribution is -0.384. The third-order valence-electron chi connectivity index (χ3n) is 7.08. The first-order chi connectivity index (χ1) is 22.2. The van der Waals surface area contributed by atoms with E-state index in [0.717, 1.165) is 22.0 Å². The van der Waals surface area contributed by atoms with E-state index in [2.05, 4.69) is 5.32 Å². The van der Waals surface area contributed by atoms with Crippen LogP contribution in [0.1, 0.15) is 31.9 Å². The summed E-state index contributed by atoms with van der Waals surface area (Å²) in [6, 6.07) is 25.2. The molecule has 0 fully saturated rings. The summed E-state index contributed by atoms with van der Waals surface area (Å²) in [5.74, 6) is -1.16. The highest BCUT2D eigenvalue weighted by Gasteiger charge is 2.36. The van der Waals surface area contributed by atoms with Crippen LogP contribution in [0.3, 0.4) is 0 Å². The van der Waals surface area contributed by atoms with Gasteiger partial charge >= 0.3 is 0 Å². The van der Waals surface area contributed by atoms with Gasteiger partial charge in [0.15, 0.2) is 0 Å². The van der Waals surface area contributed by atoms with Crippen molar-refractivity contribution in [1.82, 2.24) is 10.2 Å². The number of nitro benzene ring substituents is 1. The Bertz CT molecular complexity index is 1830. The minimum Gasteiger partial charge on any atom is -0.350 e. The number of halogens is 2. The fraction of sp³-hybridized carbons (Fsp3) is 0.235. The Morgan fingerprint density at radius 3 is 2.04 bits per heavy atom. The van der Waals surface area contributed by atoms with E-state index in [1.165, 1.54) is 35.2 Å². The smallest absolute Gasteiger partial charge is 0.269 e. The fourth-order valence-electron chi connectivity index (χ4n) is 4.83. The Hall–Kier alpha value is -4.45. The molecule has 246 valence electrons. The fourth-order valence-corrected chi connectivity index (χ4v) is 6.73. The Labute approximate surface area is 284 Å². The van der Waals surface area contributed by atoms with Crippen molar-refractivity contribution in [2.24, 2.45) is 0 Å². The van der Waals surface area contributed by atoms with Crippen molar-refractivity contribution in [3.63, 3.8) is 0 Å². The molecule has 1 unspecified atom stereocenters. The van der Waals surface area contributed by atoms with Crippen LogP contribution in [-0.2, 0) is 32.6 Å². The molecule has 13 heteroatoms. The van der Waals surface area contributed by atoms with Crippen LogP contribution >= 0.6 is 23.2 Å². The van der Waals surface area contributed by atoms with Crippen molar-refractivity contribution in [3.05, 3.63) is 134 Å². The third kappa shape index (κ3) is 9.31. The zero-order valence-corrected chi connectivity index (χ0v) is 28.3. The number of carbonyl (C=O) groups is 2. The number of carbonyl (C=O) groups excluding carboxylic acids is 2. The number of benzene rings is 4. The van der Waals surface area contributed by atoms with Crippen LogP contribution in [0.25, 0.3) is 0 Å². The molecule has 1 N–H and O–H groups in total. The first kappa shape index (κ1) is 35.4. The molecule has 4 rings (SSSR count). The number of rotatable bonds is 12. The number of hydrogen-bond donors (Lipinski definition) is 1. The summed E-state index contributed by atoms with van der Waals surface area (Å²) in [7, 11) is -4.36. The maximum atomic E-state index is 14.5. The average molecular weight is 698 g/mol. The van der Waals surface area contributed by atoms with E-state index in [1.807, 2.05) is 51.1 Å². The summed E-state index contributed by atoms with van der Waals surface area (Å²) >= 11 is 12.7. The summed E-state index contributed by atoms with van der Waals surface area (Å²) in [6.07, 6.45) is 0.114. The highest BCUT2D eigenvalue weighted by molar-refractivity contribution is 7.92.